The smallest absolute Gasteiger partial charge is 0.270 e. The van der Waals surface area contributed by atoms with Gasteiger partial charge in [0.15, 0.2) is 0 Å². The van der Waals surface area contributed by atoms with Crippen LogP contribution in [0.1, 0.15) is 48.2 Å². The van der Waals surface area contributed by atoms with Crippen molar-refractivity contribution in [2.75, 3.05) is 11.9 Å². The first kappa shape index (κ1) is 18.0. The van der Waals surface area contributed by atoms with Crippen LogP contribution in [0.5, 0.6) is 0 Å². The molecule has 26 heavy (non-hydrogen) atoms. The average molecular weight is 354 g/mol. The predicted octanol–water partition coefficient (Wildman–Crippen LogP) is 3.85. The largest absolute Gasteiger partial charge is 0.366 e. The van der Waals surface area contributed by atoms with E-state index in [-0.39, 0.29) is 11.7 Å². The van der Waals surface area contributed by atoms with Gasteiger partial charge in [-0.25, -0.2) is 14.4 Å². The van der Waals surface area contributed by atoms with E-state index < -0.39 is 0 Å². The predicted molar refractivity (Wildman–Crippen MR) is 99.3 cm³/mol. The number of nitrogens with zero attached hydrogens (tertiary/aromatic N) is 2. The van der Waals surface area contributed by atoms with Gasteiger partial charge in [0.05, 0.1) is 0 Å². The van der Waals surface area contributed by atoms with Gasteiger partial charge < -0.3 is 10.6 Å². The molecule has 2 N–H and O–H groups in total. The van der Waals surface area contributed by atoms with Crippen molar-refractivity contribution in [3.05, 3.63) is 65.4 Å². The Kier molecular flexibility index (Phi) is 6.30. The maximum absolute atomic E-state index is 13.7. The lowest BCUT2D eigenvalue weighted by molar-refractivity contribution is 0.0949. The number of benzene rings is 1. The number of carbonyl (C=O) groups is 1. The fourth-order valence-corrected chi connectivity index (χ4v) is 2.96. The highest BCUT2D eigenvalue weighted by Crippen LogP contribution is 2.19. The molecule has 0 saturated heterocycles. The summed E-state index contributed by atoms with van der Waals surface area (Å²) in [5, 5.41) is 5.92. The fourth-order valence-electron chi connectivity index (χ4n) is 2.96. The van der Waals surface area contributed by atoms with Gasteiger partial charge in [-0.2, -0.15) is 0 Å². The topological polar surface area (TPSA) is 66.9 Å². The molecule has 136 valence electrons. The number of hydrogen-bond donors (Lipinski definition) is 2. The second-order valence-electron chi connectivity index (χ2n) is 6.35. The minimum absolute atomic E-state index is 0.224. The van der Waals surface area contributed by atoms with Crippen LogP contribution in [0.2, 0.25) is 0 Å². The summed E-state index contributed by atoms with van der Waals surface area (Å²) >= 11 is 0. The van der Waals surface area contributed by atoms with E-state index in [1.807, 2.05) is 0 Å². The summed E-state index contributed by atoms with van der Waals surface area (Å²) < 4.78 is 13.7. The molecule has 0 fully saturated rings. The summed E-state index contributed by atoms with van der Waals surface area (Å²) in [6.45, 7) is 0.894. The highest BCUT2D eigenvalue weighted by atomic mass is 19.1. The van der Waals surface area contributed by atoms with Crippen LogP contribution in [0.3, 0.4) is 0 Å². The van der Waals surface area contributed by atoms with Crippen LogP contribution in [0.4, 0.5) is 10.2 Å². The number of amides is 1. The first-order chi connectivity index (χ1) is 12.7. The summed E-state index contributed by atoms with van der Waals surface area (Å²) in [6, 6.07) is 8.13. The van der Waals surface area contributed by atoms with E-state index >= 15 is 0 Å². The molecule has 3 rings (SSSR count). The number of carbonyl (C=O) groups excluding carboxylic acids is 1. The summed E-state index contributed by atoms with van der Waals surface area (Å²) in [5.74, 6) is -0.00909. The number of anilines is 1. The Balaban J connectivity index is 1.52. The van der Waals surface area contributed by atoms with E-state index in [4.69, 9.17) is 0 Å². The molecular weight excluding hydrogens is 331 g/mol. The molecular formula is C20H23FN4O. The van der Waals surface area contributed by atoms with Crippen LogP contribution >= 0.6 is 0 Å². The molecule has 2 aromatic rings. The Hall–Kier alpha value is -2.76. The van der Waals surface area contributed by atoms with Gasteiger partial charge in [0.25, 0.3) is 5.91 Å². The zero-order valence-electron chi connectivity index (χ0n) is 14.7. The number of halogens is 1. The number of rotatable bonds is 7. The highest BCUT2D eigenvalue weighted by molar-refractivity contribution is 5.92. The van der Waals surface area contributed by atoms with E-state index in [2.05, 4.69) is 26.7 Å². The van der Waals surface area contributed by atoms with Gasteiger partial charge in [0, 0.05) is 24.7 Å². The maximum Gasteiger partial charge on any atom is 0.270 e. The first-order valence-corrected chi connectivity index (χ1v) is 8.98. The van der Waals surface area contributed by atoms with Crippen molar-refractivity contribution in [2.24, 2.45) is 0 Å². The highest BCUT2D eigenvalue weighted by Gasteiger charge is 2.10. The third kappa shape index (κ3) is 5.12. The van der Waals surface area contributed by atoms with Crippen LogP contribution in [-0.2, 0) is 6.54 Å². The Morgan fingerprint density at radius 1 is 1.19 bits per heavy atom. The van der Waals surface area contributed by atoms with Gasteiger partial charge in [-0.1, -0.05) is 29.8 Å². The molecule has 5 nitrogen and oxygen atoms in total. The lowest BCUT2D eigenvalue weighted by Crippen LogP contribution is -2.26. The van der Waals surface area contributed by atoms with Crippen LogP contribution in [0, 0.1) is 5.82 Å². The summed E-state index contributed by atoms with van der Waals surface area (Å²) in [5.41, 5.74) is 2.26. The van der Waals surface area contributed by atoms with Crippen LogP contribution < -0.4 is 10.6 Å². The zero-order chi connectivity index (χ0) is 18.2. The first-order valence-electron chi connectivity index (χ1n) is 8.98. The van der Waals surface area contributed by atoms with Gasteiger partial charge >= 0.3 is 0 Å². The Morgan fingerprint density at radius 3 is 2.88 bits per heavy atom. The quantitative estimate of drug-likeness (QED) is 0.741. The van der Waals surface area contributed by atoms with Crippen molar-refractivity contribution in [3.63, 3.8) is 0 Å². The second kappa shape index (κ2) is 9.08. The van der Waals surface area contributed by atoms with E-state index in [0.717, 1.165) is 19.3 Å². The number of hydrogen-bond acceptors (Lipinski definition) is 4. The van der Waals surface area contributed by atoms with Gasteiger partial charge in [0.1, 0.15) is 23.7 Å². The number of nitrogens with one attached hydrogen (secondary N) is 2. The third-order valence-electron chi connectivity index (χ3n) is 4.43. The third-order valence-corrected chi connectivity index (χ3v) is 4.43. The number of allylic oxidation sites excluding steroid dienone is 1. The fraction of sp³-hybridized carbons (Fsp3) is 0.350. The van der Waals surface area contributed by atoms with Gasteiger partial charge in [-0.3, -0.25) is 4.79 Å². The van der Waals surface area contributed by atoms with E-state index in [0.29, 0.717) is 30.2 Å². The van der Waals surface area contributed by atoms with Gasteiger partial charge in [0.2, 0.25) is 0 Å². The SMILES string of the molecule is O=C(NCCC1=CCCCC1)c1cc(NCc2ccccc2F)ncn1. The standard InChI is InChI=1S/C20H23FN4O/c21-17-9-5-4-8-16(17)13-23-19-12-18(24-14-25-19)20(26)22-11-10-15-6-2-1-3-7-15/h4-6,8-9,12,14H,1-3,7,10-11,13H2,(H,22,26)(H,23,24,25). The van der Waals surface area contributed by atoms with Crippen molar-refractivity contribution in [2.45, 2.75) is 38.6 Å². The summed E-state index contributed by atoms with van der Waals surface area (Å²) in [4.78, 5) is 20.4. The molecule has 1 aliphatic rings. The molecule has 1 aromatic carbocycles. The Morgan fingerprint density at radius 2 is 2.08 bits per heavy atom. The average Bonchev–Trinajstić information content (AvgIpc) is 2.68. The second-order valence-corrected chi connectivity index (χ2v) is 6.35. The van der Waals surface area contributed by atoms with E-state index in [1.54, 1.807) is 24.3 Å². The molecule has 1 heterocycles. The van der Waals surface area contributed by atoms with E-state index in [1.165, 1.54) is 30.8 Å². The molecule has 1 amide bonds. The number of aromatic nitrogens is 2. The van der Waals surface area contributed by atoms with Crippen molar-refractivity contribution in [1.29, 1.82) is 0 Å². The van der Waals surface area contributed by atoms with Crippen molar-refractivity contribution in [1.82, 2.24) is 15.3 Å². The molecule has 6 heteroatoms. The van der Waals surface area contributed by atoms with Gasteiger partial charge in [-0.15, -0.1) is 0 Å². The molecule has 0 bridgehead atoms. The maximum atomic E-state index is 13.7. The molecule has 0 saturated carbocycles. The normalized spacial score (nSPS) is 13.8. The zero-order valence-corrected chi connectivity index (χ0v) is 14.7. The lowest BCUT2D eigenvalue weighted by Gasteiger charge is -2.13. The molecule has 0 unspecified atom stereocenters. The monoisotopic (exact) mass is 354 g/mol. The van der Waals surface area contributed by atoms with Crippen molar-refractivity contribution in [3.8, 4) is 0 Å². The van der Waals surface area contributed by atoms with Crippen LogP contribution in [0.25, 0.3) is 0 Å². The summed E-state index contributed by atoms with van der Waals surface area (Å²) in [7, 11) is 0. The lowest BCUT2D eigenvalue weighted by atomic mass is 9.97. The minimum atomic E-state index is -0.274. The molecule has 0 radical (unpaired) electrons. The molecule has 1 aliphatic carbocycles. The van der Waals surface area contributed by atoms with E-state index in [9.17, 15) is 9.18 Å². The minimum Gasteiger partial charge on any atom is -0.366 e. The van der Waals surface area contributed by atoms with Gasteiger partial charge in [-0.05, 0) is 38.2 Å². The van der Waals surface area contributed by atoms with Crippen molar-refractivity contribution < 1.29 is 9.18 Å². The molecule has 0 spiro atoms. The summed E-state index contributed by atoms with van der Waals surface area (Å²) in [6.07, 6.45) is 9.28. The van der Waals surface area contributed by atoms with Crippen LogP contribution in [-0.4, -0.2) is 22.4 Å². The van der Waals surface area contributed by atoms with Crippen molar-refractivity contribution >= 4 is 11.7 Å². The molecule has 0 atom stereocenters. The Labute approximate surface area is 152 Å². The molecule has 1 aromatic heterocycles. The van der Waals surface area contributed by atoms with Crippen LogP contribution in [0.15, 0.2) is 48.3 Å². The Bertz CT molecular complexity index is 791. The molecule has 0 aliphatic heterocycles.